The van der Waals surface area contributed by atoms with E-state index in [2.05, 4.69) is 4.98 Å². The summed E-state index contributed by atoms with van der Waals surface area (Å²) in [6.45, 7) is -0.346. The first-order valence-electron chi connectivity index (χ1n) is 8.32. The Morgan fingerprint density at radius 1 is 1.55 bits per heavy atom. The second kappa shape index (κ2) is 8.70. The van der Waals surface area contributed by atoms with E-state index in [4.69, 9.17) is 9.26 Å². The third-order valence-electron chi connectivity index (χ3n) is 3.87. The molecule has 11 nitrogen and oxygen atoms in total. The number of carbonyl (C=O) groups is 1. The Morgan fingerprint density at radius 3 is 2.87 bits per heavy atom. The maximum absolute atomic E-state index is 14.1. The average Bonchev–Trinajstić information content (AvgIpc) is 3.31. The number of carbonyl (C=O) groups excluding carboxylic acids is 1. The molecule has 3 heterocycles. The van der Waals surface area contributed by atoms with Crippen molar-refractivity contribution in [3.8, 4) is 0 Å². The minimum Gasteiger partial charge on any atom is -0.341 e. The second-order valence-electron chi connectivity index (χ2n) is 6.18. The molecule has 1 saturated heterocycles. The molecule has 2 N–H and O–H groups in total. The summed E-state index contributed by atoms with van der Waals surface area (Å²) in [7, 11) is -2.55. The molecule has 3 rings (SSSR count). The van der Waals surface area contributed by atoms with Gasteiger partial charge in [0.05, 0.1) is 19.9 Å². The Kier molecular flexibility index (Phi) is 6.57. The van der Waals surface area contributed by atoms with E-state index in [0.717, 1.165) is 16.1 Å². The summed E-state index contributed by atoms with van der Waals surface area (Å²) in [5.74, 6) is -4.94. The Hall–Kier alpha value is -2.26. The lowest BCUT2D eigenvalue weighted by Crippen LogP contribution is -2.34. The number of amides is 1. The maximum atomic E-state index is 14.1. The largest absolute Gasteiger partial charge is 0.525 e. The zero-order valence-electron chi connectivity index (χ0n) is 15.5. The highest BCUT2D eigenvalue weighted by Gasteiger charge is 2.40. The minimum absolute atomic E-state index is 0.0948. The van der Waals surface area contributed by atoms with Crippen molar-refractivity contribution < 1.29 is 45.6 Å². The fraction of sp³-hybridized carbons (Fsp3) is 0.429. The monoisotopic (exact) mass is 488 g/mol. The molecule has 0 spiro atoms. The van der Waals surface area contributed by atoms with Crippen molar-refractivity contribution in [1.29, 1.82) is 0 Å². The van der Waals surface area contributed by atoms with Crippen LogP contribution in [0, 0.1) is 5.82 Å². The Bertz CT molecular complexity index is 1090. The van der Waals surface area contributed by atoms with Crippen molar-refractivity contribution in [3.63, 3.8) is 0 Å². The first-order chi connectivity index (χ1) is 14.4. The van der Waals surface area contributed by atoms with Crippen LogP contribution in [0.1, 0.15) is 6.23 Å². The van der Waals surface area contributed by atoms with Crippen molar-refractivity contribution in [3.05, 3.63) is 41.2 Å². The van der Waals surface area contributed by atoms with Gasteiger partial charge in [0.2, 0.25) is 0 Å². The van der Waals surface area contributed by atoms with Crippen molar-refractivity contribution in [2.75, 3.05) is 17.7 Å². The summed E-state index contributed by atoms with van der Waals surface area (Å²) >= 11 is 1.10. The molecule has 1 aliphatic rings. The van der Waals surface area contributed by atoms with Gasteiger partial charge >= 0.3 is 25.5 Å². The van der Waals surface area contributed by atoms with Crippen molar-refractivity contribution in [1.82, 2.24) is 13.9 Å². The lowest BCUT2D eigenvalue weighted by Gasteiger charge is -2.16. The summed E-state index contributed by atoms with van der Waals surface area (Å²) < 4.78 is 76.8. The van der Waals surface area contributed by atoms with Gasteiger partial charge in [0, 0.05) is 5.75 Å². The van der Waals surface area contributed by atoms with E-state index in [1.807, 2.05) is 0 Å². The zero-order valence-corrected chi connectivity index (χ0v) is 17.2. The number of hydrogen-bond donors (Lipinski definition) is 2. The fourth-order valence-corrected chi connectivity index (χ4v) is 4.48. The quantitative estimate of drug-likeness (QED) is 0.347. The number of halogens is 4. The summed E-state index contributed by atoms with van der Waals surface area (Å²) in [6, 6.07) is 0. The SMILES string of the molecule is C[n+]1ccn(P(=O)(O)OC[C@@H]2O[C@H](n3cc(F)c(NC(=O)C(F)(F)F)nc3=O)CS2)c1. The molecule has 170 valence electrons. The van der Waals surface area contributed by atoms with Crippen molar-refractivity contribution >= 4 is 31.2 Å². The molecule has 1 amide bonds. The molecule has 1 aliphatic heterocycles. The van der Waals surface area contributed by atoms with Crippen LogP contribution in [0.25, 0.3) is 0 Å². The van der Waals surface area contributed by atoms with Gasteiger partial charge in [0.25, 0.3) is 6.33 Å². The van der Waals surface area contributed by atoms with Gasteiger partial charge in [-0.1, -0.05) is 0 Å². The van der Waals surface area contributed by atoms with E-state index in [0.29, 0.717) is 10.8 Å². The van der Waals surface area contributed by atoms with Crippen LogP contribution in [0.2, 0.25) is 0 Å². The van der Waals surface area contributed by atoms with Crippen LogP contribution >= 0.6 is 19.5 Å². The van der Waals surface area contributed by atoms with Gasteiger partial charge in [-0.15, -0.1) is 16.1 Å². The number of aromatic nitrogens is 4. The molecule has 31 heavy (non-hydrogen) atoms. The van der Waals surface area contributed by atoms with E-state index in [-0.39, 0.29) is 12.4 Å². The number of imidazole rings is 1. The number of nitrogens with one attached hydrogen (secondary N) is 1. The Labute approximate surface area is 175 Å². The van der Waals surface area contributed by atoms with Crippen LogP contribution in [0.4, 0.5) is 23.4 Å². The highest BCUT2D eigenvalue weighted by molar-refractivity contribution is 8.00. The summed E-state index contributed by atoms with van der Waals surface area (Å²) in [6.07, 6.45) is -1.61. The molecule has 0 aliphatic carbocycles. The molecule has 2 aromatic rings. The lowest BCUT2D eigenvalue weighted by molar-refractivity contribution is -0.670. The van der Waals surface area contributed by atoms with Gasteiger partial charge in [-0.05, 0) is 0 Å². The van der Waals surface area contributed by atoms with Crippen LogP contribution in [0.3, 0.4) is 0 Å². The van der Waals surface area contributed by atoms with Gasteiger partial charge in [0.15, 0.2) is 11.6 Å². The summed E-state index contributed by atoms with van der Waals surface area (Å²) in [4.78, 5) is 36.0. The van der Waals surface area contributed by atoms with E-state index in [9.17, 15) is 36.6 Å². The van der Waals surface area contributed by atoms with Gasteiger partial charge in [-0.25, -0.2) is 18.3 Å². The second-order valence-corrected chi connectivity index (χ2v) is 9.07. The first kappa shape index (κ1) is 23.4. The molecule has 3 atom stereocenters. The molecule has 0 bridgehead atoms. The zero-order chi connectivity index (χ0) is 23.0. The molecule has 0 saturated carbocycles. The standard InChI is InChI=1S/C14H14F4N5O6PS/c1-21-2-3-22(7-21)30(26,27)28-5-10-29-9(6-31-10)23-4-8(15)11(20-13(23)25)19-12(24)14(16,17)18/h2-4,7,9-10H,5-6H2,1H3,(H-,19,20,24,25,26,27)/p+1/t9-,10+/m0/s1. The third-order valence-corrected chi connectivity index (χ3v) is 6.27. The fourth-order valence-electron chi connectivity index (χ4n) is 2.41. The summed E-state index contributed by atoms with van der Waals surface area (Å²) in [5.41, 5.74) is -1.96. The number of ether oxygens (including phenoxy) is 1. The van der Waals surface area contributed by atoms with Crippen molar-refractivity contribution in [2.45, 2.75) is 17.8 Å². The molecule has 1 unspecified atom stereocenters. The van der Waals surface area contributed by atoms with Gasteiger partial charge in [-0.3, -0.25) is 18.8 Å². The Morgan fingerprint density at radius 2 is 2.26 bits per heavy atom. The third kappa shape index (κ3) is 5.51. The highest BCUT2D eigenvalue weighted by atomic mass is 32.2. The lowest BCUT2D eigenvalue weighted by atomic mass is 10.4. The first-order valence-corrected chi connectivity index (χ1v) is 10.9. The molecule has 2 aromatic heterocycles. The maximum Gasteiger partial charge on any atom is 0.525 e. The van der Waals surface area contributed by atoms with E-state index < -0.39 is 48.8 Å². The predicted octanol–water partition coefficient (Wildman–Crippen LogP) is 0.763. The van der Waals surface area contributed by atoms with Crippen LogP contribution < -0.4 is 15.6 Å². The molecular formula is C14H15F4N5O6PS+. The molecule has 17 heteroatoms. The number of alkyl halides is 3. The van der Waals surface area contributed by atoms with E-state index >= 15 is 0 Å². The highest BCUT2D eigenvalue weighted by Crippen LogP contribution is 2.44. The molecule has 1 fully saturated rings. The number of thioether (sulfide) groups is 1. The van der Waals surface area contributed by atoms with Crippen LogP contribution in [0.5, 0.6) is 0 Å². The normalized spacial score (nSPS) is 21.1. The van der Waals surface area contributed by atoms with Crippen LogP contribution in [-0.2, 0) is 25.7 Å². The molecule has 0 radical (unpaired) electrons. The van der Waals surface area contributed by atoms with Crippen LogP contribution in [0.15, 0.2) is 29.7 Å². The number of rotatable bonds is 6. The van der Waals surface area contributed by atoms with Gasteiger partial charge < -0.3 is 10.1 Å². The Balaban J connectivity index is 1.64. The van der Waals surface area contributed by atoms with E-state index in [1.54, 1.807) is 7.05 Å². The summed E-state index contributed by atoms with van der Waals surface area (Å²) in [5, 5.41) is 1.18. The van der Waals surface area contributed by atoms with Crippen molar-refractivity contribution in [2.24, 2.45) is 7.05 Å². The van der Waals surface area contributed by atoms with Crippen LogP contribution in [-0.4, -0.2) is 48.7 Å². The predicted molar refractivity (Wildman–Crippen MR) is 96.3 cm³/mol. The van der Waals surface area contributed by atoms with E-state index in [1.165, 1.54) is 28.6 Å². The number of aryl methyl sites for hydroxylation is 1. The average molecular weight is 488 g/mol. The molecule has 0 aromatic carbocycles. The van der Waals surface area contributed by atoms with Gasteiger partial charge in [-0.2, -0.15) is 18.2 Å². The minimum atomic E-state index is -5.29. The topological polar surface area (TPSA) is 129 Å². The number of hydrogen-bond acceptors (Lipinski definition) is 7. The number of nitrogens with zero attached hydrogens (tertiary/aromatic N) is 4. The molecular weight excluding hydrogens is 473 g/mol. The van der Waals surface area contributed by atoms with Gasteiger partial charge in [0.1, 0.15) is 24.1 Å². The smallest absolute Gasteiger partial charge is 0.341 e. The number of anilines is 1.